The SMILES string of the molecule is COc1ccc2c(c1)cc(C(=O)NS(=O)(=O)c1cccc(N)c1)n2Cc1c(C)cc(C)cc1C.[HH]. The van der Waals surface area contributed by atoms with E-state index in [9.17, 15) is 13.2 Å². The number of nitrogens with zero attached hydrogens (tertiary/aromatic N) is 1. The molecule has 0 saturated heterocycles. The number of nitrogen functional groups attached to an aromatic ring is 1. The molecule has 34 heavy (non-hydrogen) atoms. The number of ether oxygens (including phenoxy) is 1. The van der Waals surface area contributed by atoms with Gasteiger partial charge in [-0.2, -0.15) is 0 Å². The Hall–Kier alpha value is -3.78. The first-order valence-corrected chi connectivity index (χ1v) is 12.2. The Kier molecular flexibility index (Phi) is 6.10. The number of methoxy groups -OCH3 is 1. The third-order valence-corrected chi connectivity index (χ3v) is 7.22. The van der Waals surface area contributed by atoms with Crippen molar-refractivity contribution in [3.05, 3.63) is 88.6 Å². The van der Waals surface area contributed by atoms with Gasteiger partial charge < -0.3 is 15.0 Å². The molecule has 0 saturated carbocycles. The van der Waals surface area contributed by atoms with Gasteiger partial charge in [0.15, 0.2) is 0 Å². The van der Waals surface area contributed by atoms with Crippen LogP contribution in [0.25, 0.3) is 10.9 Å². The number of hydrogen-bond acceptors (Lipinski definition) is 5. The molecular weight excluding hydrogens is 450 g/mol. The number of aromatic nitrogens is 1. The molecule has 0 unspecified atom stereocenters. The van der Waals surface area contributed by atoms with Crippen LogP contribution in [0.4, 0.5) is 5.69 Å². The standard InChI is InChI=1S/C26H27N3O4S.H2/c1-16-10-17(2)23(18(3)11-16)15-29-24-9-8-21(33-4)12-19(24)13-25(29)26(30)28-34(31,32)22-7-5-6-20(27)14-22;/h5-14H,15,27H2,1-4H3,(H,28,30);1H. The number of sulfonamides is 1. The van der Waals surface area contributed by atoms with Gasteiger partial charge in [-0.05, 0) is 79.9 Å². The fraction of sp³-hybridized carbons (Fsp3) is 0.192. The minimum absolute atomic E-state index is 0. The van der Waals surface area contributed by atoms with Crippen molar-refractivity contribution in [3.8, 4) is 5.75 Å². The molecule has 1 heterocycles. The predicted molar refractivity (Wildman–Crippen MR) is 136 cm³/mol. The van der Waals surface area contributed by atoms with Gasteiger partial charge >= 0.3 is 0 Å². The lowest BCUT2D eigenvalue weighted by Gasteiger charge is -2.16. The van der Waals surface area contributed by atoms with Crippen molar-refractivity contribution < 1.29 is 19.4 Å². The largest absolute Gasteiger partial charge is 0.497 e. The molecule has 0 spiro atoms. The normalized spacial score (nSPS) is 11.5. The molecule has 0 aliphatic rings. The molecule has 3 aromatic carbocycles. The average molecular weight is 480 g/mol. The number of carbonyl (C=O) groups is 1. The van der Waals surface area contributed by atoms with Gasteiger partial charge in [-0.15, -0.1) is 0 Å². The molecule has 0 fully saturated rings. The third-order valence-electron chi connectivity index (χ3n) is 5.89. The van der Waals surface area contributed by atoms with Gasteiger partial charge in [0, 0.05) is 24.6 Å². The summed E-state index contributed by atoms with van der Waals surface area (Å²) in [4.78, 5) is 13.2. The van der Waals surface area contributed by atoms with Gasteiger partial charge in [-0.25, -0.2) is 13.1 Å². The summed E-state index contributed by atoms with van der Waals surface area (Å²) in [5.41, 5.74) is 11.5. The second kappa shape index (κ2) is 8.87. The van der Waals surface area contributed by atoms with Crippen molar-refractivity contribution >= 4 is 32.5 Å². The zero-order chi connectivity index (χ0) is 24.6. The molecule has 0 radical (unpaired) electrons. The van der Waals surface area contributed by atoms with E-state index in [4.69, 9.17) is 10.5 Å². The van der Waals surface area contributed by atoms with Crippen LogP contribution < -0.4 is 15.2 Å². The highest BCUT2D eigenvalue weighted by atomic mass is 32.2. The Morgan fingerprint density at radius 1 is 1.03 bits per heavy atom. The lowest BCUT2D eigenvalue weighted by Crippen LogP contribution is -2.32. The van der Waals surface area contributed by atoms with Crippen LogP contribution >= 0.6 is 0 Å². The molecule has 178 valence electrons. The third kappa shape index (κ3) is 4.49. The number of fused-ring (bicyclic) bond motifs is 1. The van der Waals surface area contributed by atoms with Crippen LogP contribution in [0.15, 0.2) is 65.6 Å². The Morgan fingerprint density at radius 3 is 2.38 bits per heavy atom. The number of anilines is 1. The number of rotatable bonds is 6. The molecule has 0 atom stereocenters. The average Bonchev–Trinajstić information content (AvgIpc) is 3.13. The molecular formula is C26H29N3O4S. The van der Waals surface area contributed by atoms with Gasteiger partial charge in [-0.1, -0.05) is 23.8 Å². The maximum Gasteiger partial charge on any atom is 0.281 e. The zero-order valence-corrected chi connectivity index (χ0v) is 20.4. The van der Waals surface area contributed by atoms with Gasteiger partial charge in [0.25, 0.3) is 15.9 Å². The molecule has 1 amide bonds. The fourth-order valence-electron chi connectivity index (χ4n) is 4.27. The van der Waals surface area contributed by atoms with Crippen LogP contribution in [-0.2, 0) is 16.6 Å². The quantitative estimate of drug-likeness (QED) is 0.394. The maximum absolute atomic E-state index is 13.3. The lowest BCUT2D eigenvalue weighted by molar-refractivity contribution is 0.0973. The van der Waals surface area contributed by atoms with E-state index in [1.165, 1.54) is 18.2 Å². The van der Waals surface area contributed by atoms with Gasteiger partial charge in [-0.3, -0.25) is 4.79 Å². The summed E-state index contributed by atoms with van der Waals surface area (Å²) >= 11 is 0. The van der Waals surface area contributed by atoms with Crippen molar-refractivity contribution in [1.29, 1.82) is 0 Å². The minimum Gasteiger partial charge on any atom is -0.497 e. The highest BCUT2D eigenvalue weighted by molar-refractivity contribution is 7.90. The Morgan fingerprint density at radius 2 is 1.74 bits per heavy atom. The van der Waals surface area contributed by atoms with E-state index in [2.05, 4.69) is 16.9 Å². The van der Waals surface area contributed by atoms with Crippen molar-refractivity contribution in [1.82, 2.24) is 9.29 Å². The molecule has 7 nitrogen and oxygen atoms in total. The van der Waals surface area contributed by atoms with Crippen molar-refractivity contribution in [3.63, 3.8) is 0 Å². The summed E-state index contributed by atoms with van der Waals surface area (Å²) in [5, 5.41) is 0.772. The number of amides is 1. The monoisotopic (exact) mass is 479 g/mol. The fourth-order valence-corrected chi connectivity index (χ4v) is 5.28. The number of hydrogen-bond donors (Lipinski definition) is 2. The zero-order valence-electron chi connectivity index (χ0n) is 19.5. The van der Waals surface area contributed by atoms with Gasteiger partial charge in [0.05, 0.1) is 12.0 Å². The second-order valence-corrected chi connectivity index (χ2v) is 10.1. The van der Waals surface area contributed by atoms with Crippen LogP contribution in [0.2, 0.25) is 0 Å². The van der Waals surface area contributed by atoms with Crippen molar-refractivity contribution in [2.45, 2.75) is 32.2 Å². The number of benzene rings is 3. The summed E-state index contributed by atoms with van der Waals surface area (Å²) in [5.74, 6) is -0.0771. The van der Waals surface area contributed by atoms with E-state index in [1.807, 2.05) is 43.5 Å². The van der Waals surface area contributed by atoms with E-state index in [-0.39, 0.29) is 12.0 Å². The van der Waals surface area contributed by atoms with E-state index in [1.54, 1.807) is 19.2 Å². The van der Waals surface area contributed by atoms with E-state index in [0.717, 1.165) is 33.2 Å². The summed E-state index contributed by atoms with van der Waals surface area (Å²) in [7, 11) is -2.54. The van der Waals surface area contributed by atoms with Crippen LogP contribution in [0.3, 0.4) is 0 Å². The topological polar surface area (TPSA) is 103 Å². The molecule has 0 bridgehead atoms. The van der Waals surface area contributed by atoms with Crippen molar-refractivity contribution in [2.24, 2.45) is 0 Å². The van der Waals surface area contributed by atoms with E-state index >= 15 is 0 Å². The van der Waals surface area contributed by atoms with Gasteiger partial charge in [0.2, 0.25) is 0 Å². The molecule has 1 aromatic heterocycles. The summed E-state index contributed by atoms with van der Waals surface area (Å²) in [6, 6.07) is 17.2. The first-order chi connectivity index (χ1) is 16.1. The first kappa shape index (κ1) is 23.4. The molecule has 3 N–H and O–H groups in total. The second-order valence-electron chi connectivity index (χ2n) is 8.42. The molecule has 4 rings (SSSR count). The van der Waals surface area contributed by atoms with Crippen molar-refractivity contribution in [2.75, 3.05) is 12.8 Å². The van der Waals surface area contributed by atoms with Crippen LogP contribution in [0, 0.1) is 20.8 Å². The Balaban J connectivity index is 0.00000342. The van der Waals surface area contributed by atoms with Gasteiger partial charge in [0.1, 0.15) is 11.4 Å². The Labute approximate surface area is 200 Å². The molecule has 0 aliphatic heterocycles. The first-order valence-electron chi connectivity index (χ1n) is 10.8. The van der Waals surface area contributed by atoms with E-state index < -0.39 is 15.9 Å². The summed E-state index contributed by atoms with van der Waals surface area (Å²) < 4.78 is 35.1. The number of nitrogens with one attached hydrogen (secondary N) is 1. The highest BCUT2D eigenvalue weighted by Gasteiger charge is 2.23. The van der Waals surface area contributed by atoms with Crippen LogP contribution in [0.1, 0.15) is 34.2 Å². The molecule has 0 aliphatic carbocycles. The minimum atomic E-state index is -4.11. The Bertz CT molecular complexity index is 1500. The molecule has 4 aromatic rings. The summed E-state index contributed by atoms with van der Waals surface area (Å²) in [6.07, 6.45) is 0. The predicted octanol–water partition coefficient (Wildman–Crippen LogP) is 4.57. The summed E-state index contributed by atoms with van der Waals surface area (Å²) in [6.45, 7) is 6.53. The smallest absolute Gasteiger partial charge is 0.281 e. The van der Waals surface area contributed by atoms with Crippen LogP contribution in [0.5, 0.6) is 5.75 Å². The maximum atomic E-state index is 13.3. The lowest BCUT2D eigenvalue weighted by atomic mass is 9.99. The number of nitrogens with two attached hydrogens (primary N) is 1. The number of carbonyl (C=O) groups excluding carboxylic acids is 1. The highest BCUT2D eigenvalue weighted by Crippen LogP contribution is 2.28. The number of aryl methyl sites for hydroxylation is 3. The van der Waals surface area contributed by atoms with E-state index in [0.29, 0.717) is 18.0 Å². The van der Waals surface area contributed by atoms with Crippen LogP contribution in [-0.4, -0.2) is 26.0 Å². The molecule has 8 heteroatoms.